The molecule has 5 nitrogen and oxygen atoms in total. The summed E-state index contributed by atoms with van der Waals surface area (Å²) in [7, 11) is -4.38. The van der Waals surface area contributed by atoms with E-state index in [1.165, 1.54) is 35.6 Å². The molecule has 21 heavy (non-hydrogen) atoms. The number of hydrogen-bond donors (Lipinski definition) is 3. The van der Waals surface area contributed by atoms with Crippen LogP contribution in [0.2, 0.25) is 0 Å². The van der Waals surface area contributed by atoms with Gasteiger partial charge in [0, 0.05) is 24.0 Å². The second kappa shape index (κ2) is 6.77. The fraction of sp³-hybridized carbons (Fsp3) is 0.308. The lowest BCUT2D eigenvalue weighted by molar-refractivity contribution is 0.348. The highest BCUT2D eigenvalue weighted by atomic mass is 32.1. The maximum absolute atomic E-state index is 12.9. The van der Waals surface area contributed by atoms with E-state index in [4.69, 9.17) is 0 Å². The lowest BCUT2D eigenvalue weighted by Gasteiger charge is -2.20. The zero-order valence-corrected chi connectivity index (χ0v) is 13.1. The van der Waals surface area contributed by atoms with Gasteiger partial charge < -0.3 is 9.79 Å². The van der Waals surface area contributed by atoms with E-state index in [1.54, 1.807) is 0 Å². The smallest absolute Gasteiger partial charge is 0.323 e. The summed E-state index contributed by atoms with van der Waals surface area (Å²) < 4.78 is 24.5. The zero-order chi connectivity index (χ0) is 15.5. The number of benzene rings is 1. The molecular formula is C13H16FN2O3PS. The molecule has 1 heterocycles. The molecule has 1 aromatic carbocycles. The molecule has 0 spiro atoms. The van der Waals surface area contributed by atoms with Gasteiger partial charge in [0.1, 0.15) is 11.6 Å². The van der Waals surface area contributed by atoms with Crippen molar-refractivity contribution in [1.82, 2.24) is 10.3 Å². The van der Waals surface area contributed by atoms with Gasteiger partial charge >= 0.3 is 7.60 Å². The molecule has 2 rings (SSSR count). The molecule has 0 bridgehead atoms. The number of aryl methyl sites for hydroxylation is 1. The minimum absolute atomic E-state index is 0.361. The van der Waals surface area contributed by atoms with Gasteiger partial charge in [-0.1, -0.05) is 12.1 Å². The zero-order valence-electron chi connectivity index (χ0n) is 11.4. The second-order valence-electron chi connectivity index (χ2n) is 4.63. The average molecular weight is 330 g/mol. The monoisotopic (exact) mass is 330 g/mol. The van der Waals surface area contributed by atoms with Gasteiger partial charge in [-0.15, -0.1) is 11.3 Å². The quantitative estimate of drug-likeness (QED) is 0.709. The lowest BCUT2D eigenvalue weighted by atomic mass is 10.2. The molecular weight excluding hydrogens is 314 g/mol. The highest BCUT2D eigenvalue weighted by molar-refractivity contribution is 7.52. The third-order valence-corrected chi connectivity index (χ3v) is 5.05. The summed E-state index contributed by atoms with van der Waals surface area (Å²) in [4.78, 5) is 23.2. The maximum Gasteiger partial charge on any atom is 0.346 e. The molecule has 2 aromatic rings. The molecule has 1 atom stereocenters. The van der Waals surface area contributed by atoms with E-state index in [0.29, 0.717) is 18.5 Å². The normalized spacial score (nSPS) is 13.3. The Balaban J connectivity index is 2.04. The van der Waals surface area contributed by atoms with Crippen LogP contribution in [-0.2, 0) is 11.0 Å². The van der Waals surface area contributed by atoms with E-state index in [0.717, 1.165) is 10.7 Å². The van der Waals surface area contributed by atoms with Crippen LogP contribution >= 0.6 is 18.9 Å². The fourth-order valence-electron chi connectivity index (χ4n) is 1.91. The predicted molar refractivity (Wildman–Crippen MR) is 79.7 cm³/mol. The van der Waals surface area contributed by atoms with Gasteiger partial charge in [0.25, 0.3) is 0 Å². The minimum Gasteiger partial charge on any atom is -0.323 e. The number of nitrogens with zero attached hydrogens (tertiary/aromatic N) is 1. The number of rotatable bonds is 6. The summed E-state index contributed by atoms with van der Waals surface area (Å²) in [5.41, 5.74) is 1.29. The van der Waals surface area contributed by atoms with Crippen LogP contribution in [0.15, 0.2) is 29.6 Å². The van der Waals surface area contributed by atoms with Gasteiger partial charge in [-0.25, -0.2) is 9.37 Å². The highest BCUT2D eigenvalue weighted by Gasteiger charge is 2.29. The summed E-state index contributed by atoms with van der Waals surface area (Å²) in [6.45, 7) is 2.27. The Morgan fingerprint density at radius 1 is 1.38 bits per heavy atom. The molecule has 0 unspecified atom stereocenters. The average Bonchev–Trinajstić information content (AvgIpc) is 2.81. The highest BCUT2D eigenvalue weighted by Crippen LogP contribution is 2.49. The van der Waals surface area contributed by atoms with Crippen molar-refractivity contribution in [2.45, 2.75) is 19.1 Å². The molecule has 8 heteroatoms. The Hall–Kier alpha value is -1.11. The largest absolute Gasteiger partial charge is 0.346 e. The SMILES string of the molecule is Cc1csc(CCN[C@H](c2ccc(F)cc2)P(=O)(O)O)n1. The van der Waals surface area contributed by atoms with Crippen LogP contribution in [0.25, 0.3) is 0 Å². The summed E-state index contributed by atoms with van der Waals surface area (Å²) in [6.07, 6.45) is 0.580. The van der Waals surface area contributed by atoms with Crippen LogP contribution in [0.3, 0.4) is 0 Å². The molecule has 0 fully saturated rings. The summed E-state index contributed by atoms with van der Waals surface area (Å²) in [5, 5.41) is 5.67. The lowest BCUT2D eigenvalue weighted by Crippen LogP contribution is -2.24. The number of nitrogens with one attached hydrogen (secondary N) is 1. The first-order chi connectivity index (χ1) is 9.86. The molecule has 0 aliphatic heterocycles. The standard InChI is InChI=1S/C13H16FN2O3PS/c1-9-8-21-12(16-9)6-7-15-13(20(17,18)19)10-2-4-11(14)5-3-10/h2-5,8,13,15H,6-7H2,1H3,(H2,17,18,19)/t13-/m0/s1. The Labute approximate surface area is 126 Å². The fourth-order valence-corrected chi connectivity index (χ4v) is 3.61. The summed E-state index contributed by atoms with van der Waals surface area (Å²) in [6, 6.07) is 5.12. The number of thiazole rings is 1. The van der Waals surface area contributed by atoms with Gasteiger partial charge in [-0.3, -0.25) is 9.88 Å². The number of aromatic nitrogens is 1. The van der Waals surface area contributed by atoms with Crippen molar-refractivity contribution in [3.05, 3.63) is 51.7 Å². The van der Waals surface area contributed by atoms with Crippen LogP contribution in [0, 0.1) is 12.7 Å². The third-order valence-electron chi connectivity index (χ3n) is 2.87. The van der Waals surface area contributed by atoms with Crippen molar-refractivity contribution in [2.24, 2.45) is 0 Å². The van der Waals surface area contributed by atoms with Crippen LogP contribution in [0.5, 0.6) is 0 Å². The van der Waals surface area contributed by atoms with Crippen LogP contribution in [-0.4, -0.2) is 21.3 Å². The van der Waals surface area contributed by atoms with E-state index in [1.807, 2.05) is 12.3 Å². The topological polar surface area (TPSA) is 82.5 Å². The minimum atomic E-state index is -4.38. The Morgan fingerprint density at radius 3 is 2.57 bits per heavy atom. The van der Waals surface area contributed by atoms with Crippen molar-refractivity contribution in [3.63, 3.8) is 0 Å². The van der Waals surface area contributed by atoms with Crippen molar-refractivity contribution >= 4 is 18.9 Å². The first kappa shape index (κ1) is 16.3. The van der Waals surface area contributed by atoms with Gasteiger partial charge in [-0.2, -0.15) is 0 Å². The van der Waals surface area contributed by atoms with Crippen molar-refractivity contribution in [2.75, 3.05) is 6.54 Å². The molecule has 1 aromatic heterocycles. The van der Waals surface area contributed by atoms with Crippen LogP contribution in [0.4, 0.5) is 4.39 Å². The molecule has 0 aliphatic rings. The Morgan fingerprint density at radius 2 is 2.05 bits per heavy atom. The summed E-state index contributed by atoms with van der Waals surface area (Å²) >= 11 is 1.51. The van der Waals surface area contributed by atoms with Gasteiger partial charge in [0.15, 0.2) is 0 Å². The Bertz CT molecular complexity index is 641. The second-order valence-corrected chi connectivity index (χ2v) is 7.27. The molecule has 0 radical (unpaired) electrons. The predicted octanol–water partition coefficient (Wildman–Crippen LogP) is 2.60. The van der Waals surface area contributed by atoms with Gasteiger partial charge in [0.2, 0.25) is 0 Å². The molecule has 0 saturated heterocycles. The van der Waals surface area contributed by atoms with E-state index in [9.17, 15) is 18.7 Å². The van der Waals surface area contributed by atoms with E-state index in [-0.39, 0.29) is 0 Å². The van der Waals surface area contributed by atoms with E-state index >= 15 is 0 Å². The van der Waals surface area contributed by atoms with Crippen molar-refractivity contribution in [1.29, 1.82) is 0 Å². The molecule has 3 N–H and O–H groups in total. The first-order valence-electron chi connectivity index (χ1n) is 6.31. The van der Waals surface area contributed by atoms with Crippen molar-refractivity contribution < 1.29 is 18.7 Å². The first-order valence-corrected chi connectivity index (χ1v) is 8.87. The molecule has 0 saturated carbocycles. The molecule has 0 amide bonds. The van der Waals surface area contributed by atoms with Crippen LogP contribution in [0.1, 0.15) is 22.0 Å². The van der Waals surface area contributed by atoms with E-state index < -0.39 is 19.2 Å². The van der Waals surface area contributed by atoms with E-state index in [2.05, 4.69) is 10.3 Å². The molecule has 0 aliphatic carbocycles. The summed E-state index contributed by atoms with van der Waals surface area (Å²) in [5.74, 6) is -1.58. The van der Waals surface area contributed by atoms with Crippen LogP contribution < -0.4 is 5.32 Å². The van der Waals surface area contributed by atoms with Gasteiger partial charge in [0.05, 0.1) is 5.01 Å². The Kier molecular flexibility index (Phi) is 5.24. The van der Waals surface area contributed by atoms with Crippen molar-refractivity contribution in [3.8, 4) is 0 Å². The number of halogens is 1. The third kappa shape index (κ3) is 4.69. The number of hydrogen-bond acceptors (Lipinski definition) is 4. The molecule has 114 valence electrons. The van der Waals surface area contributed by atoms with Gasteiger partial charge in [-0.05, 0) is 24.6 Å². The maximum atomic E-state index is 12.9.